The molecule has 0 bridgehead atoms. The fraction of sp³-hybridized carbons (Fsp3) is 0.938. The highest BCUT2D eigenvalue weighted by Crippen LogP contribution is 2.34. The lowest BCUT2D eigenvalue weighted by Crippen LogP contribution is -2.56. The lowest BCUT2D eigenvalue weighted by atomic mass is 9.76. The van der Waals surface area contributed by atoms with Gasteiger partial charge in [0.25, 0.3) is 0 Å². The number of amides is 1. The van der Waals surface area contributed by atoms with Crippen LogP contribution in [-0.2, 0) is 4.79 Å². The minimum absolute atomic E-state index is 0.0256. The Kier molecular flexibility index (Phi) is 6.96. The number of rotatable bonds is 7. The van der Waals surface area contributed by atoms with Crippen LogP contribution in [0.25, 0.3) is 0 Å². The molecule has 0 aromatic heterocycles. The third kappa shape index (κ3) is 4.45. The van der Waals surface area contributed by atoms with Gasteiger partial charge in [0, 0.05) is 18.1 Å². The number of nitrogens with one attached hydrogen (secondary N) is 1. The van der Waals surface area contributed by atoms with Gasteiger partial charge in [0.15, 0.2) is 0 Å². The summed E-state index contributed by atoms with van der Waals surface area (Å²) in [5.41, 5.74) is 6.07. The summed E-state index contributed by atoms with van der Waals surface area (Å²) < 4.78 is 0. The molecule has 1 fully saturated rings. The van der Waals surface area contributed by atoms with Crippen molar-refractivity contribution in [3.05, 3.63) is 0 Å². The average Bonchev–Trinajstić information content (AvgIpc) is 2.45. The smallest absolute Gasteiger partial charge is 0.234 e. The summed E-state index contributed by atoms with van der Waals surface area (Å²) in [7, 11) is 2.05. The van der Waals surface area contributed by atoms with Crippen LogP contribution in [0, 0.1) is 5.92 Å². The van der Waals surface area contributed by atoms with Gasteiger partial charge in [0.05, 0.1) is 6.54 Å². The Hall–Kier alpha value is -0.610. The summed E-state index contributed by atoms with van der Waals surface area (Å²) in [6.07, 6.45) is 6.64. The van der Waals surface area contributed by atoms with Crippen LogP contribution in [0.15, 0.2) is 0 Å². The minimum atomic E-state index is 0.0256. The Morgan fingerprint density at radius 3 is 2.35 bits per heavy atom. The first-order valence-corrected chi connectivity index (χ1v) is 8.18. The highest BCUT2D eigenvalue weighted by molar-refractivity contribution is 5.78. The molecule has 0 heterocycles. The Bertz CT molecular complexity index is 294. The molecule has 0 aromatic carbocycles. The van der Waals surface area contributed by atoms with Gasteiger partial charge in [-0.15, -0.1) is 0 Å². The first-order chi connectivity index (χ1) is 9.47. The van der Waals surface area contributed by atoms with Gasteiger partial charge in [-0.05, 0) is 51.5 Å². The maximum Gasteiger partial charge on any atom is 0.234 e. The van der Waals surface area contributed by atoms with Gasteiger partial charge in [-0.2, -0.15) is 0 Å². The molecule has 4 nitrogen and oxygen atoms in total. The number of likely N-dealkylation sites (N-methyl/N-ethyl adjacent to an activating group) is 1. The SMILES string of the molecule is CCC(CC)NC(=O)CN(C)C1(CN)CCC(C)CC1. The minimum Gasteiger partial charge on any atom is -0.352 e. The van der Waals surface area contributed by atoms with Crippen LogP contribution >= 0.6 is 0 Å². The van der Waals surface area contributed by atoms with Gasteiger partial charge in [-0.25, -0.2) is 0 Å². The lowest BCUT2D eigenvalue weighted by Gasteiger charge is -2.45. The molecule has 3 N–H and O–H groups in total. The molecule has 0 aromatic rings. The second kappa shape index (κ2) is 7.99. The third-order valence-electron chi connectivity index (χ3n) is 5.13. The molecule has 118 valence electrons. The van der Waals surface area contributed by atoms with E-state index in [1.165, 1.54) is 12.8 Å². The van der Waals surface area contributed by atoms with Crippen molar-refractivity contribution < 1.29 is 4.79 Å². The van der Waals surface area contributed by atoms with E-state index in [0.29, 0.717) is 19.1 Å². The van der Waals surface area contributed by atoms with Crippen LogP contribution < -0.4 is 11.1 Å². The van der Waals surface area contributed by atoms with E-state index in [1.54, 1.807) is 0 Å². The second-order valence-electron chi connectivity index (χ2n) is 6.55. The van der Waals surface area contributed by atoms with Gasteiger partial charge in [0.2, 0.25) is 5.91 Å². The zero-order chi connectivity index (χ0) is 15.2. The van der Waals surface area contributed by atoms with E-state index in [1.807, 2.05) is 0 Å². The van der Waals surface area contributed by atoms with Crippen molar-refractivity contribution in [1.29, 1.82) is 0 Å². The zero-order valence-electron chi connectivity index (χ0n) is 13.7. The molecule has 20 heavy (non-hydrogen) atoms. The van der Waals surface area contributed by atoms with Crippen LogP contribution in [0.5, 0.6) is 0 Å². The highest BCUT2D eigenvalue weighted by Gasteiger charge is 2.37. The van der Waals surface area contributed by atoms with Crippen LogP contribution in [0.3, 0.4) is 0 Å². The summed E-state index contributed by atoms with van der Waals surface area (Å²) in [6.45, 7) is 7.64. The Morgan fingerprint density at radius 1 is 1.35 bits per heavy atom. The zero-order valence-corrected chi connectivity index (χ0v) is 13.7. The third-order valence-corrected chi connectivity index (χ3v) is 5.13. The Morgan fingerprint density at radius 2 is 1.90 bits per heavy atom. The van der Waals surface area contributed by atoms with Gasteiger partial charge in [-0.1, -0.05) is 20.8 Å². The summed E-state index contributed by atoms with van der Waals surface area (Å²) >= 11 is 0. The van der Waals surface area contributed by atoms with Crippen LogP contribution in [0.4, 0.5) is 0 Å². The normalized spacial score (nSPS) is 27.1. The number of hydrogen-bond acceptors (Lipinski definition) is 3. The maximum atomic E-state index is 12.2. The summed E-state index contributed by atoms with van der Waals surface area (Å²) in [5.74, 6) is 0.925. The van der Waals surface area contributed by atoms with Crippen LogP contribution in [-0.4, -0.2) is 42.5 Å². The van der Waals surface area contributed by atoms with E-state index in [9.17, 15) is 4.79 Å². The van der Waals surface area contributed by atoms with E-state index in [-0.39, 0.29) is 11.4 Å². The van der Waals surface area contributed by atoms with Crippen LogP contribution in [0.1, 0.15) is 59.3 Å². The molecule has 0 radical (unpaired) electrons. The maximum absolute atomic E-state index is 12.2. The molecule has 1 aliphatic rings. The predicted octanol–water partition coefficient (Wildman–Crippen LogP) is 2.13. The fourth-order valence-corrected chi connectivity index (χ4v) is 3.19. The van der Waals surface area contributed by atoms with Gasteiger partial charge in [-0.3, -0.25) is 9.69 Å². The van der Waals surface area contributed by atoms with E-state index >= 15 is 0 Å². The number of carbonyl (C=O) groups is 1. The monoisotopic (exact) mass is 283 g/mol. The van der Waals surface area contributed by atoms with E-state index < -0.39 is 0 Å². The number of carbonyl (C=O) groups excluding carboxylic acids is 1. The molecule has 0 aliphatic heterocycles. The van der Waals surface area contributed by atoms with Gasteiger partial charge in [0.1, 0.15) is 0 Å². The van der Waals surface area contributed by atoms with Crippen molar-refractivity contribution >= 4 is 5.91 Å². The molecule has 0 atom stereocenters. The molecule has 4 heteroatoms. The molecule has 1 amide bonds. The first kappa shape index (κ1) is 17.4. The molecule has 0 spiro atoms. The van der Waals surface area contributed by atoms with Crippen molar-refractivity contribution in [1.82, 2.24) is 10.2 Å². The van der Waals surface area contributed by atoms with E-state index in [0.717, 1.165) is 31.6 Å². The Balaban J connectivity index is 2.54. The van der Waals surface area contributed by atoms with Crippen molar-refractivity contribution in [2.75, 3.05) is 20.1 Å². The fourth-order valence-electron chi connectivity index (χ4n) is 3.19. The molecule has 1 saturated carbocycles. The first-order valence-electron chi connectivity index (χ1n) is 8.18. The average molecular weight is 283 g/mol. The predicted molar refractivity (Wildman–Crippen MR) is 84.6 cm³/mol. The molecule has 0 saturated heterocycles. The number of nitrogens with zero attached hydrogens (tertiary/aromatic N) is 1. The molecular formula is C16H33N3O. The lowest BCUT2D eigenvalue weighted by molar-refractivity contribution is -0.124. The van der Waals surface area contributed by atoms with Crippen LogP contribution in [0.2, 0.25) is 0 Å². The highest BCUT2D eigenvalue weighted by atomic mass is 16.2. The van der Waals surface area contributed by atoms with Crippen molar-refractivity contribution in [3.8, 4) is 0 Å². The second-order valence-corrected chi connectivity index (χ2v) is 6.55. The molecular weight excluding hydrogens is 250 g/mol. The molecule has 0 unspecified atom stereocenters. The summed E-state index contributed by atoms with van der Waals surface area (Å²) in [5, 5.41) is 3.12. The quantitative estimate of drug-likeness (QED) is 0.752. The largest absolute Gasteiger partial charge is 0.352 e. The van der Waals surface area contributed by atoms with Crippen molar-refractivity contribution in [2.24, 2.45) is 11.7 Å². The Labute approximate surface area is 124 Å². The van der Waals surface area contributed by atoms with Gasteiger partial charge < -0.3 is 11.1 Å². The molecule has 1 rings (SSSR count). The van der Waals surface area contributed by atoms with Crippen molar-refractivity contribution in [3.63, 3.8) is 0 Å². The van der Waals surface area contributed by atoms with Crippen molar-refractivity contribution in [2.45, 2.75) is 70.9 Å². The topological polar surface area (TPSA) is 58.4 Å². The summed E-state index contributed by atoms with van der Waals surface area (Å²) in [6, 6.07) is 0.302. The molecule has 1 aliphatic carbocycles. The summed E-state index contributed by atoms with van der Waals surface area (Å²) in [4.78, 5) is 14.3. The van der Waals surface area contributed by atoms with E-state index in [4.69, 9.17) is 5.73 Å². The van der Waals surface area contributed by atoms with Gasteiger partial charge >= 0.3 is 0 Å². The van der Waals surface area contributed by atoms with E-state index in [2.05, 4.69) is 38.0 Å². The number of nitrogens with two attached hydrogens (primary N) is 1. The standard InChI is InChI=1S/C16H33N3O/c1-5-14(6-2)18-15(20)11-19(4)16(12-17)9-7-13(3)8-10-16/h13-14H,5-12,17H2,1-4H3,(H,18,20). The number of hydrogen-bond donors (Lipinski definition) is 2.